The lowest BCUT2D eigenvalue weighted by Crippen LogP contribution is -2.54. The molecule has 0 spiro atoms. The second kappa shape index (κ2) is 12.8. The van der Waals surface area contributed by atoms with Crippen LogP contribution in [0.3, 0.4) is 0 Å². The van der Waals surface area contributed by atoms with Crippen LogP contribution >= 0.6 is 11.8 Å². The summed E-state index contributed by atoms with van der Waals surface area (Å²) in [5.74, 6) is -1.33. The van der Waals surface area contributed by atoms with Crippen molar-refractivity contribution in [3.05, 3.63) is 118 Å². The van der Waals surface area contributed by atoms with Crippen molar-refractivity contribution in [2.75, 3.05) is 30.8 Å². The average molecular weight is 639 g/mol. The number of piperazine rings is 1. The highest BCUT2D eigenvalue weighted by atomic mass is 32.2. The summed E-state index contributed by atoms with van der Waals surface area (Å²) in [6.07, 6.45) is 5.22. The van der Waals surface area contributed by atoms with E-state index in [1.807, 2.05) is 55.3 Å². The van der Waals surface area contributed by atoms with E-state index in [2.05, 4.69) is 16.5 Å². The lowest BCUT2D eigenvalue weighted by Gasteiger charge is -2.40. The number of benzene rings is 2. The zero-order chi connectivity index (χ0) is 32.5. The molecule has 0 aliphatic carbocycles. The Morgan fingerprint density at radius 3 is 2.57 bits per heavy atom. The van der Waals surface area contributed by atoms with Gasteiger partial charge in [-0.1, -0.05) is 36.9 Å². The Morgan fingerprint density at radius 1 is 1.07 bits per heavy atom. The molecular formula is C35H32F2N6O2S. The van der Waals surface area contributed by atoms with Gasteiger partial charge in [0.15, 0.2) is 5.65 Å². The minimum absolute atomic E-state index is 0.0130. The number of hydrogen-bond donors (Lipinski definition) is 0. The van der Waals surface area contributed by atoms with Crippen LogP contribution in [0.25, 0.3) is 28.0 Å². The number of halogens is 2. The monoisotopic (exact) mass is 638 g/mol. The number of carbonyl (C=O) groups is 1. The SMILES string of the molecule is C=CC(=O)N1CCN(c2nc(=O)n(-c3c(C)ccnc3Cc3ccccc3)c3nc(-c4cc(SC)ccc4F)c(F)cc23)[C@@H](C)C1. The van der Waals surface area contributed by atoms with Gasteiger partial charge in [-0.2, -0.15) is 4.98 Å². The van der Waals surface area contributed by atoms with Gasteiger partial charge in [0.1, 0.15) is 23.1 Å². The van der Waals surface area contributed by atoms with Crippen LogP contribution < -0.4 is 10.6 Å². The molecule has 1 aliphatic heterocycles. The molecule has 1 fully saturated rings. The minimum Gasteiger partial charge on any atom is -0.350 e. The highest BCUT2D eigenvalue weighted by Gasteiger charge is 2.30. The number of nitrogens with zero attached hydrogens (tertiary/aromatic N) is 6. The number of amides is 1. The maximum atomic E-state index is 16.1. The van der Waals surface area contributed by atoms with E-state index < -0.39 is 17.3 Å². The van der Waals surface area contributed by atoms with E-state index in [1.54, 1.807) is 29.3 Å². The average Bonchev–Trinajstić information content (AvgIpc) is 3.05. The number of anilines is 1. The first-order valence-electron chi connectivity index (χ1n) is 14.8. The summed E-state index contributed by atoms with van der Waals surface area (Å²) in [6, 6.07) is 17.0. The van der Waals surface area contributed by atoms with Gasteiger partial charge < -0.3 is 9.80 Å². The third-order valence-electron chi connectivity index (χ3n) is 8.26. The second-order valence-electron chi connectivity index (χ2n) is 11.2. The molecule has 0 N–H and O–H groups in total. The van der Waals surface area contributed by atoms with E-state index in [0.29, 0.717) is 37.4 Å². The smallest absolute Gasteiger partial charge is 0.350 e. The standard InChI is InChI=1S/C35H32F2N6O2S/c1-5-30(44)41-15-16-42(22(3)20-41)33-26-19-28(37)31(25-18-24(46-4)11-12-27(25)36)39-34(26)43(35(45)40-33)32-21(2)13-14-38-29(32)17-23-9-7-6-8-10-23/h5-14,18-19,22H,1,15-17,20H2,2-4H3/t22-/m0/s1. The molecule has 1 atom stereocenters. The van der Waals surface area contributed by atoms with E-state index in [0.717, 1.165) is 16.0 Å². The summed E-state index contributed by atoms with van der Waals surface area (Å²) in [5, 5.41) is 0.284. The van der Waals surface area contributed by atoms with Crippen LogP contribution in [0, 0.1) is 18.6 Å². The Balaban J connectivity index is 1.62. The van der Waals surface area contributed by atoms with Gasteiger partial charge in [-0.3, -0.25) is 9.78 Å². The first-order valence-corrected chi connectivity index (χ1v) is 16.1. The van der Waals surface area contributed by atoms with Gasteiger partial charge in [-0.05, 0) is 67.6 Å². The predicted octanol–water partition coefficient (Wildman–Crippen LogP) is 5.97. The third-order valence-corrected chi connectivity index (χ3v) is 8.98. The van der Waals surface area contributed by atoms with E-state index in [4.69, 9.17) is 4.98 Å². The Hall–Kier alpha value is -4.90. The molecule has 0 unspecified atom stereocenters. The van der Waals surface area contributed by atoms with Crippen LogP contribution in [0.4, 0.5) is 14.6 Å². The quantitative estimate of drug-likeness (QED) is 0.161. The Labute approximate surface area is 269 Å². The molecule has 4 heterocycles. The van der Waals surface area contributed by atoms with Crippen LogP contribution in [0.2, 0.25) is 0 Å². The predicted molar refractivity (Wildman–Crippen MR) is 178 cm³/mol. The maximum absolute atomic E-state index is 16.1. The Kier molecular flexibility index (Phi) is 8.68. The largest absolute Gasteiger partial charge is 0.355 e. The normalized spacial score (nSPS) is 14.9. The molecule has 0 saturated carbocycles. The lowest BCUT2D eigenvalue weighted by molar-refractivity contribution is -0.126. The van der Waals surface area contributed by atoms with E-state index >= 15 is 8.78 Å². The van der Waals surface area contributed by atoms with Gasteiger partial charge in [-0.15, -0.1) is 11.8 Å². The van der Waals surface area contributed by atoms with E-state index in [9.17, 15) is 9.59 Å². The molecule has 46 heavy (non-hydrogen) atoms. The van der Waals surface area contributed by atoms with Gasteiger partial charge in [0.25, 0.3) is 0 Å². The minimum atomic E-state index is -0.751. The number of fused-ring (bicyclic) bond motifs is 1. The fraction of sp³-hybridized carbons (Fsp3) is 0.229. The van der Waals surface area contributed by atoms with Crippen molar-refractivity contribution in [3.8, 4) is 16.9 Å². The Bertz CT molecular complexity index is 2030. The van der Waals surface area contributed by atoms with Crippen molar-refractivity contribution in [1.29, 1.82) is 0 Å². The van der Waals surface area contributed by atoms with Crippen molar-refractivity contribution in [2.24, 2.45) is 0 Å². The molecular weight excluding hydrogens is 606 g/mol. The van der Waals surface area contributed by atoms with Crippen molar-refractivity contribution in [3.63, 3.8) is 0 Å². The van der Waals surface area contributed by atoms with Crippen molar-refractivity contribution < 1.29 is 13.6 Å². The van der Waals surface area contributed by atoms with Crippen LogP contribution in [-0.4, -0.2) is 62.3 Å². The fourth-order valence-electron chi connectivity index (χ4n) is 5.96. The van der Waals surface area contributed by atoms with E-state index in [1.165, 1.54) is 34.5 Å². The van der Waals surface area contributed by atoms with Crippen molar-refractivity contribution in [1.82, 2.24) is 24.4 Å². The number of rotatable bonds is 7. The van der Waals surface area contributed by atoms with Crippen molar-refractivity contribution in [2.45, 2.75) is 31.2 Å². The zero-order valence-electron chi connectivity index (χ0n) is 25.7. The van der Waals surface area contributed by atoms with Gasteiger partial charge in [0, 0.05) is 48.8 Å². The van der Waals surface area contributed by atoms with Crippen molar-refractivity contribution >= 4 is 34.5 Å². The molecule has 11 heteroatoms. The lowest BCUT2D eigenvalue weighted by atomic mass is 10.1. The molecule has 1 amide bonds. The molecule has 2 aromatic carbocycles. The van der Waals surface area contributed by atoms with Gasteiger partial charge >= 0.3 is 5.69 Å². The van der Waals surface area contributed by atoms with Crippen LogP contribution in [0.1, 0.15) is 23.7 Å². The number of carbonyl (C=O) groups excluding carboxylic acids is 1. The van der Waals surface area contributed by atoms with Gasteiger partial charge in [0.05, 0.1) is 16.8 Å². The molecule has 5 aromatic rings. The summed E-state index contributed by atoms with van der Waals surface area (Å²) < 4.78 is 32.7. The summed E-state index contributed by atoms with van der Waals surface area (Å²) in [6.45, 7) is 8.44. The summed E-state index contributed by atoms with van der Waals surface area (Å²) in [4.78, 5) is 44.7. The van der Waals surface area contributed by atoms with Gasteiger partial charge in [0.2, 0.25) is 5.91 Å². The fourth-order valence-corrected chi connectivity index (χ4v) is 6.40. The summed E-state index contributed by atoms with van der Waals surface area (Å²) in [7, 11) is 0. The van der Waals surface area contributed by atoms with Gasteiger partial charge in [-0.25, -0.2) is 23.1 Å². The zero-order valence-corrected chi connectivity index (χ0v) is 26.5. The first kappa shape index (κ1) is 31.1. The summed E-state index contributed by atoms with van der Waals surface area (Å²) in [5.41, 5.74) is 2.09. The van der Waals surface area contributed by atoms with Crippen LogP contribution in [0.5, 0.6) is 0 Å². The molecule has 6 rings (SSSR count). The molecule has 1 saturated heterocycles. The topological polar surface area (TPSA) is 84.2 Å². The maximum Gasteiger partial charge on any atom is 0.355 e. The van der Waals surface area contributed by atoms with E-state index in [-0.39, 0.29) is 40.1 Å². The first-order chi connectivity index (χ1) is 22.2. The Morgan fingerprint density at radius 2 is 1.85 bits per heavy atom. The third kappa shape index (κ3) is 5.78. The highest BCUT2D eigenvalue weighted by molar-refractivity contribution is 7.98. The molecule has 0 radical (unpaired) electrons. The van der Waals surface area contributed by atoms with Crippen LogP contribution in [-0.2, 0) is 11.2 Å². The number of aromatic nitrogens is 4. The number of hydrogen-bond acceptors (Lipinski definition) is 7. The van der Waals surface area contributed by atoms with Crippen LogP contribution in [0.15, 0.2) is 89.2 Å². The molecule has 1 aliphatic rings. The molecule has 8 nitrogen and oxygen atoms in total. The number of aryl methyl sites for hydroxylation is 1. The second-order valence-corrected chi connectivity index (χ2v) is 12.1. The highest BCUT2D eigenvalue weighted by Crippen LogP contribution is 2.34. The number of pyridine rings is 2. The molecule has 234 valence electrons. The number of thioether (sulfide) groups is 1. The summed E-state index contributed by atoms with van der Waals surface area (Å²) >= 11 is 1.40. The molecule has 0 bridgehead atoms. The molecule has 3 aromatic heterocycles.